The van der Waals surface area contributed by atoms with Crippen molar-refractivity contribution in [3.63, 3.8) is 0 Å². The molecule has 0 aliphatic rings. The molecule has 0 bridgehead atoms. The highest BCUT2D eigenvalue weighted by molar-refractivity contribution is 9.10. The zero-order chi connectivity index (χ0) is 16.8. The van der Waals surface area contributed by atoms with Gasteiger partial charge in [0.05, 0.1) is 0 Å². The van der Waals surface area contributed by atoms with Gasteiger partial charge < -0.3 is 10.2 Å². The normalized spacial score (nSPS) is 10.2. The molecular weight excluding hydrogens is 356 g/mol. The summed E-state index contributed by atoms with van der Waals surface area (Å²) in [5.74, 6) is -0.200. The molecule has 0 spiro atoms. The molecule has 23 heavy (non-hydrogen) atoms. The molecular formula is C18H19BrN2O2. The molecule has 5 heteroatoms. The van der Waals surface area contributed by atoms with Crippen LogP contribution in [0.2, 0.25) is 0 Å². The highest BCUT2D eigenvalue weighted by Gasteiger charge is 2.13. The smallest absolute Gasteiger partial charge is 0.251 e. The van der Waals surface area contributed by atoms with Crippen LogP contribution >= 0.6 is 15.9 Å². The van der Waals surface area contributed by atoms with Crippen LogP contribution in [0.25, 0.3) is 0 Å². The molecule has 0 heterocycles. The minimum atomic E-state index is -0.140. The second-order valence-electron chi connectivity index (χ2n) is 5.23. The summed E-state index contributed by atoms with van der Waals surface area (Å²) in [4.78, 5) is 25.5. The summed E-state index contributed by atoms with van der Waals surface area (Å²) in [5, 5.41) is 2.84. The minimum absolute atomic E-state index is 0.0605. The molecule has 0 saturated heterocycles. The van der Waals surface area contributed by atoms with Crippen molar-refractivity contribution in [2.45, 2.75) is 13.8 Å². The molecule has 1 N–H and O–H groups in total. The van der Waals surface area contributed by atoms with Crippen LogP contribution < -0.4 is 10.2 Å². The topological polar surface area (TPSA) is 49.4 Å². The third-order valence-electron chi connectivity index (χ3n) is 3.50. The number of carbonyl (C=O) groups is 2. The third-order valence-corrected chi connectivity index (χ3v) is 4.36. The first kappa shape index (κ1) is 17.2. The van der Waals surface area contributed by atoms with E-state index in [1.54, 1.807) is 17.0 Å². The van der Waals surface area contributed by atoms with Crippen LogP contribution in [0.4, 0.5) is 5.69 Å². The maximum Gasteiger partial charge on any atom is 0.251 e. The van der Waals surface area contributed by atoms with E-state index in [1.807, 2.05) is 43.3 Å². The van der Waals surface area contributed by atoms with E-state index >= 15 is 0 Å². The number of aryl methyl sites for hydroxylation is 1. The second kappa shape index (κ2) is 7.92. The van der Waals surface area contributed by atoms with Gasteiger partial charge >= 0.3 is 0 Å². The molecule has 0 aromatic heterocycles. The maximum atomic E-state index is 12.0. The van der Waals surface area contributed by atoms with Crippen LogP contribution in [0.15, 0.2) is 53.0 Å². The lowest BCUT2D eigenvalue weighted by Gasteiger charge is -2.22. The number of nitrogens with zero attached hydrogens (tertiary/aromatic N) is 1. The maximum absolute atomic E-state index is 12.0. The van der Waals surface area contributed by atoms with E-state index in [4.69, 9.17) is 0 Å². The molecule has 0 saturated carbocycles. The highest BCUT2D eigenvalue weighted by Crippen LogP contribution is 2.23. The molecule has 0 radical (unpaired) electrons. The number of hydrogen-bond donors (Lipinski definition) is 1. The number of benzene rings is 2. The van der Waals surface area contributed by atoms with Gasteiger partial charge in [-0.05, 0) is 36.8 Å². The van der Waals surface area contributed by atoms with Crippen molar-refractivity contribution >= 4 is 33.4 Å². The van der Waals surface area contributed by atoms with E-state index in [1.165, 1.54) is 6.92 Å². The van der Waals surface area contributed by atoms with Crippen molar-refractivity contribution in [2.75, 3.05) is 18.0 Å². The fraction of sp³-hybridized carbons (Fsp3) is 0.222. The second-order valence-corrected chi connectivity index (χ2v) is 6.08. The summed E-state index contributed by atoms with van der Waals surface area (Å²) in [6.45, 7) is 4.32. The Labute approximate surface area is 144 Å². The van der Waals surface area contributed by atoms with Crippen LogP contribution in [0.5, 0.6) is 0 Å². The van der Waals surface area contributed by atoms with E-state index < -0.39 is 0 Å². The Hall–Kier alpha value is -2.14. The summed E-state index contributed by atoms with van der Waals surface area (Å²) in [6, 6.07) is 14.8. The van der Waals surface area contributed by atoms with Gasteiger partial charge in [-0.1, -0.05) is 40.2 Å². The summed E-state index contributed by atoms with van der Waals surface area (Å²) >= 11 is 3.48. The van der Waals surface area contributed by atoms with Crippen molar-refractivity contribution in [1.82, 2.24) is 5.32 Å². The van der Waals surface area contributed by atoms with Crippen LogP contribution in [0.1, 0.15) is 22.8 Å². The van der Waals surface area contributed by atoms with Gasteiger partial charge in [-0.25, -0.2) is 0 Å². The van der Waals surface area contributed by atoms with E-state index in [9.17, 15) is 9.59 Å². The summed E-state index contributed by atoms with van der Waals surface area (Å²) in [6.07, 6.45) is 0. The fourth-order valence-corrected chi connectivity index (χ4v) is 2.56. The number of carbonyl (C=O) groups excluding carboxylic acids is 2. The number of nitrogens with one attached hydrogen (secondary N) is 1. The van der Waals surface area contributed by atoms with Gasteiger partial charge in [0.15, 0.2) is 0 Å². The molecule has 0 unspecified atom stereocenters. The number of halogens is 1. The fourth-order valence-electron chi connectivity index (χ4n) is 2.19. The van der Waals surface area contributed by atoms with Gasteiger partial charge in [0.25, 0.3) is 5.91 Å². The molecule has 2 aromatic carbocycles. The lowest BCUT2D eigenvalue weighted by molar-refractivity contribution is -0.116. The Morgan fingerprint density at radius 1 is 1.13 bits per heavy atom. The predicted molar refractivity (Wildman–Crippen MR) is 95.7 cm³/mol. The van der Waals surface area contributed by atoms with E-state index in [-0.39, 0.29) is 11.8 Å². The van der Waals surface area contributed by atoms with Gasteiger partial charge in [-0.2, -0.15) is 0 Å². The first-order valence-electron chi connectivity index (χ1n) is 7.36. The Balaban J connectivity index is 1.99. The van der Waals surface area contributed by atoms with E-state index in [2.05, 4.69) is 21.2 Å². The van der Waals surface area contributed by atoms with Crippen molar-refractivity contribution in [2.24, 2.45) is 0 Å². The monoisotopic (exact) mass is 374 g/mol. The minimum Gasteiger partial charge on any atom is -0.350 e. The highest BCUT2D eigenvalue weighted by atomic mass is 79.9. The Kier molecular flexibility index (Phi) is 5.93. The Morgan fingerprint density at radius 2 is 1.83 bits per heavy atom. The van der Waals surface area contributed by atoms with E-state index in [0.29, 0.717) is 18.7 Å². The van der Waals surface area contributed by atoms with Crippen LogP contribution in [-0.2, 0) is 4.79 Å². The van der Waals surface area contributed by atoms with Crippen molar-refractivity contribution in [1.29, 1.82) is 0 Å². The molecule has 0 atom stereocenters. The van der Waals surface area contributed by atoms with Crippen molar-refractivity contribution in [3.8, 4) is 0 Å². The molecule has 2 aromatic rings. The van der Waals surface area contributed by atoms with Crippen molar-refractivity contribution in [3.05, 3.63) is 64.1 Å². The average Bonchev–Trinajstić information content (AvgIpc) is 2.54. The average molecular weight is 375 g/mol. The lowest BCUT2D eigenvalue weighted by Crippen LogP contribution is -2.37. The molecule has 0 fully saturated rings. The third kappa shape index (κ3) is 4.66. The number of amides is 2. The lowest BCUT2D eigenvalue weighted by atomic mass is 10.2. The largest absolute Gasteiger partial charge is 0.350 e. The van der Waals surface area contributed by atoms with Gasteiger partial charge in [-0.3, -0.25) is 9.59 Å². The summed E-state index contributed by atoms with van der Waals surface area (Å²) in [7, 11) is 0. The molecule has 2 amide bonds. The molecule has 120 valence electrons. The van der Waals surface area contributed by atoms with Crippen molar-refractivity contribution < 1.29 is 9.59 Å². The van der Waals surface area contributed by atoms with Crippen LogP contribution in [-0.4, -0.2) is 24.9 Å². The SMILES string of the molecule is CC(=O)N(CCNC(=O)c1ccccc1)c1ccc(C)c(Br)c1. The molecule has 4 nitrogen and oxygen atoms in total. The quantitative estimate of drug-likeness (QED) is 0.869. The first-order valence-corrected chi connectivity index (χ1v) is 8.16. The first-order chi connectivity index (χ1) is 11.0. The van der Waals surface area contributed by atoms with E-state index in [0.717, 1.165) is 15.7 Å². The zero-order valence-electron chi connectivity index (χ0n) is 13.2. The van der Waals surface area contributed by atoms with Crippen LogP contribution in [0.3, 0.4) is 0 Å². The number of rotatable bonds is 5. The Bertz CT molecular complexity index is 701. The predicted octanol–water partition coefficient (Wildman–Crippen LogP) is 3.54. The molecule has 0 aliphatic heterocycles. The van der Waals surface area contributed by atoms with Gasteiger partial charge in [0.1, 0.15) is 0 Å². The summed E-state index contributed by atoms with van der Waals surface area (Å²) < 4.78 is 0.953. The number of anilines is 1. The zero-order valence-corrected chi connectivity index (χ0v) is 14.8. The standard InChI is InChI=1S/C18H19BrN2O2/c1-13-8-9-16(12-17(13)19)21(14(2)22)11-10-20-18(23)15-6-4-3-5-7-15/h3-9,12H,10-11H2,1-2H3,(H,20,23). The van der Waals surface area contributed by atoms with Gasteiger partial charge in [-0.15, -0.1) is 0 Å². The van der Waals surface area contributed by atoms with Crippen LogP contribution in [0, 0.1) is 6.92 Å². The summed E-state index contributed by atoms with van der Waals surface area (Å²) in [5.41, 5.74) is 2.53. The molecule has 0 aliphatic carbocycles. The molecule has 2 rings (SSSR count). The van der Waals surface area contributed by atoms with Gasteiger partial charge in [0, 0.05) is 35.7 Å². The number of hydrogen-bond acceptors (Lipinski definition) is 2. The Morgan fingerprint density at radius 3 is 2.43 bits per heavy atom. The van der Waals surface area contributed by atoms with Gasteiger partial charge in [0.2, 0.25) is 5.91 Å².